The van der Waals surface area contributed by atoms with E-state index >= 15 is 0 Å². The fraction of sp³-hybridized carbons (Fsp3) is 0.381. The molecule has 0 radical (unpaired) electrons. The summed E-state index contributed by atoms with van der Waals surface area (Å²) in [5, 5.41) is 6.48. The van der Waals surface area contributed by atoms with Gasteiger partial charge in [0.2, 0.25) is 0 Å². The van der Waals surface area contributed by atoms with Gasteiger partial charge in [0.05, 0.1) is 26.9 Å². The van der Waals surface area contributed by atoms with Gasteiger partial charge in [0, 0.05) is 13.6 Å². The van der Waals surface area contributed by atoms with Crippen LogP contribution in [0.1, 0.15) is 12.5 Å². The van der Waals surface area contributed by atoms with Crippen LogP contribution in [0.25, 0.3) is 0 Å². The lowest BCUT2D eigenvalue weighted by atomic mass is 10.2. The Labute approximate surface area is 184 Å². The first kappa shape index (κ1) is 24.0. The first-order valence-corrected chi connectivity index (χ1v) is 9.08. The monoisotopic (exact) mass is 499 g/mol. The van der Waals surface area contributed by atoms with E-state index < -0.39 is 0 Å². The third-order valence-corrected chi connectivity index (χ3v) is 3.83. The lowest BCUT2D eigenvalue weighted by molar-refractivity contribution is 0.125. The van der Waals surface area contributed by atoms with Gasteiger partial charge in [-0.3, -0.25) is 4.99 Å². The summed E-state index contributed by atoms with van der Waals surface area (Å²) in [4.78, 5) is 4.22. The average molecular weight is 499 g/mol. The maximum absolute atomic E-state index is 5.93. The average Bonchev–Trinajstić information content (AvgIpc) is 2.71. The van der Waals surface area contributed by atoms with Crippen molar-refractivity contribution in [2.24, 2.45) is 4.99 Å². The number of aliphatic imine (C=N–C) groups is 1. The van der Waals surface area contributed by atoms with Crippen LogP contribution in [-0.4, -0.2) is 45.9 Å². The summed E-state index contributed by atoms with van der Waals surface area (Å²) in [6, 6.07) is 17.7. The van der Waals surface area contributed by atoms with Crippen LogP contribution in [0.4, 0.5) is 0 Å². The lowest BCUT2D eigenvalue weighted by Gasteiger charge is -2.19. The van der Waals surface area contributed by atoms with Crippen LogP contribution in [0.15, 0.2) is 59.6 Å². The highest BCUT2D eigenvalue weighted by atomic mass is 127. The van der Waals surface area contributed by atoms with Gasteiger partial charge in [-0.2, -0.15) is 0 Å². The minimum atomic E-state index is -0.0471. The number of para-hydroxylation sites is 2. The van der Waals surface area contributed by atoms with E-state index in [4.69, 9.17) is 14.2 Å². The number of methoxy groups -OCH3 is 1. The number of benzene rings is 2. The Kier molecular flexibility index (Phi) is 12.1. The van der Waals surface area contributed by atoms with Gasteiger partial charge in [-0.25, -0.2) is 0 Å². The molecule has 154 valence electrons. The molecule has 2 aromatic rings. The highest BCUT2D eigenvalue weighted by Gasteiger charge is 2.09. The van der Waals surface area contributed by atoms with Gasteiger partial charge in [-0.05, 0) is 24.6 Å². The molecule has 6 nitrogen and oxygen atoms in total. The summed E-state index contributed by atoms with van der Waals surface area (Å²) in [5.41, 5.74) is 1.17. The highest BCUT2D eigenvalue weighted by Crippen LogP contribution is 2.26. The molecule has 0 aliphatic carbocycles. The Morgan fingerprint density at radius 3 is 2.36 bits per heavy atom. The quantitative estimate of drug-likeness (QED) is 0.227. The molecule has 0 amide bonds. The number of guanidine groups is 1. The van der Waals surface area contributed by atoms with Gasteiger partial charge >= 0.3 is 0 Å². The molecule has 0 aliphatic rings. The van der Waals surface area contributed by atoms with Crippen molar-refractivity contribution in [3.05, 3.63) is 60.2 Å². The standard InChI is InChI=1S/C21H29N3O3.HI/c1-17(27-20-12-8-7-11-19(20)25-3)15-24-21(22-2)23-13-14-26-16-18-9-5-4-6-10-18;/h4-12,17H,13-16H2,1-3H3,(H2,22,23,24);1H. The Morgan fingerprint density at radius 1 is 1.00 bits per heavy atom. The van der Waals surface area contributed by atoms with E-state index in [9.17, 15) is 0 Å². The maximum atomic E-state index is 5.93. The van der Waals surface area contributed by atoms with Crippen LogP contribution in [0.5, 0.6) is 11.5 Å². The zero-order chi connectivity index (χ0) is 19.3. The summed E-state index contributed by atoms with van der Waals surface area (Å²) >= 11 is 0. The molecule has 0 saturated heterocycles. The van der Waals surface area contributed by atoms with Crippen molar-refractivity contribution in [2.75, 3.05) is 33.9 Å². The molecule has 1 unspecified atom stereocenters. The SMILES string of the molecule is CN=C(NCCOCc1ccccc1)NCC(C)Oc1ccccc1OC.I. The summed E-state index contributed by atoms with van der Waals surface area (Å²) in [7, 11) is 3.38. The molecule has 28 heavy (non-hydrogen) atoms. The smallest absolute Gasteiger partial charge is 0.191 e. The molecule has 7 heteroatoms. The van der Waals surface area contributed by atoms with Gasteiger partial charge in [0.1, 0.15) is 6.10 Å². The topological polar surface area (TPSA) is 64.1 Å². The largest absolute Gasteiger partial charge is 0.493 e. The Bertz CT molecular complexity index is 698. The summed E-state index contributed by atoms with van der Waals surface area (Å²) < 4.78 is 16.9. The first-order chi connectivity index (χ1) is 13.2. The van der Waals surface area contributed by atoms with Crippen molar-refractivity contribution >= 4 is 29.9 Å². The van der Waals surface area contributed by atoms with E-state index in [0.29, 0.717) is 32.3 Å². The molecule has 2 N–H and O–H groups in total. The van der Waals surface area contributed by atoms with Crippen molar-refractivity contribution < 1.29 is 14.2 Å². The van der Waals surface area contributed by atoms with E-state index in [0.717, 1.165) is 11.5 Å². The zero-order valence-corrected chi connectivity index (χ0v) is 19.0. The van der Waals surface area contributed by atoms with Crippen molar-refractivity contribution in [2.45, 2.75) is 19.6 Å². The molecule has 0 bridgehead atoms. The molecule has 0 aromatic heterocycles. The van der Waals surface area contributed by atoms with E-state index in [1.165, 1.54) is 5.56 Å². The van der Waals surface area contributed by atoms with Crippen LogP contribution in [0.2, 0.25) is 0 Å². The molecular weight excluding hydrogens is 469 g/mol. The molecule has 0 aliphatic heterocycles. The summed E-state index contributed by atoms with van der Waals surface area (Å²) in [6.07, 6.45) is -0.0471. The summed E-state index contributed by atoms with van der Waals surface area (Å²) in [6.45, 7) is 4.49. The number of hydrogen-bond donors (Lipinski definition) is 2. The van der Waals surface area contributed by atoms with Gasteiger partial charge in [0.25, 0.3) is 0 Å². The van der Waals surface area contributed by atoms with Crippen molar-refractivity contribution in [1.29, 1.82) is 0 Å². The van der Waals surface area contributed by atoms with E-state index in [1.54, 1.807) is 14.2 Å². The number of nitrogens with zero attached hydrogens (tertiary/aromatic N) is 1. The maximum Gasteiger partial charge on any atom is 0.191 e. The second-order valence-corrected chi connectivity index (χ2v) is 6.00. The van der Waals surface area contributed by atoms with Gasteiger partial charge in [0.15, 0.2) is 17.5 Å². The molecule has 2 rings (SSSR count). The molecule has 0 fully saturated rings. The number of halogens is 1. The first-order valence-electron chi connectivity index (χ1n) is 9.08. The predicted molar refractivity (Wildman–Crippen MR) is 124 cm³/mol. The summed E-state index contributed by atoms with van der Waals surface area (Å²) in [5.74, 6) is 2.17. The Balaban J connectivity index is 0.00000392. The Hall–Kier alpha value is -2.00. The molecule has 0 saturated carbocycles. The number of ether oxygens (including phenoxy) is 3. The molecule has 2 aromatic carbocycles. The fourth-order valence-corrected chi connectivity index (χ4v) is 2.44. The number of nitrogens with one attached hydrogen (secondary N) is 2. The van der Waals surface area contributed by atoms with Crippen molar-refractivity contribution in [3.63, 3.8) is 0 Å². The minimum absolute atomic E-state index is 0. The van der Waals surface area contributed by atoms with Gasteiger partial charge in [-0.15, -0.1) is 24.0 Å². The highest BCUT2D eigenvalue weighted by molar-refractivity contribution is 14.0. The second kappa shape index (κ2) is 14.1. The minimum Gasteiger partial charge on any atom is -0.493 e. The van der Waals surface area contributed by atoms with E-state index in [-0.39, 0.29) is 30.1 Å². The van der Waals surface area contributed by atoms with Gasteiger partial charge < -0.3 is 24.8 Å². The van der Waals surface area contributed by atoms with E-state index in [2.05, 4.69) is 27.8 Å². The third-order valence-electron chi connectivity index (χ3n) is 3.83. The van der Waals surface area contributed by atoms with Crippen molar-refractivity contribution in [1.82, 2.24) is 10.6 Å². The van der Waals surface area contributed by atoms with Crippen LogP contribution in [0.3, 0.4) is 0 Å². The third kappa shape index (κ3) is 8.79. The predicted octanol–water partition coefficient (Wildman–Crippen LogP) is 3.46. The fourth-order valence-electron chi connectivity index (χ4n) is 2.44. The zero-order valence-electron chi connectivity index (χ0n) is 16.7. The van der Waals surface area contributed by atoms with Crippen LogP contribution in [0, 0.1) is 0 Å². The molecular formula is C21H30IN3O3. The van der Waals surface area contributed by atoms with Gasteiger partial charge in [-0.1, -0.05) is 42.5 Å². The number of hydrogen-bond acceptors (Lipinski definition) is 4. The van der Waals surface area contributed by atoms with Crippen molar-refractivity contribution in [3.8, 4) is 11.5 Å². The normalized spacial score (nSPS) is 11.9. The second-order valence-electron chi connectivity index (χ2n) is 6.00. The Morgan fingerprint density at radius 2 is 1.68 bits per heavy atom. The molecule has 1 atom stereocenters. The molecule has 0 heterocycles. The van der Waals surface area contributed by atoms with Crippen LogP contribution >= 0.6 is 24.0 Å². The molecule has 0 spiro atoms. The number of rotatable bonds is 10. The van der Waals surface area contributed by atoms with E-state index in [1.807, 2.05) is 49.4 Å². The van der Waals surface area contributed by atoms with Crippen LogP contribution in [-0.2, 0) is 11.3 Å². The lowest BCUT2D eigenvalue weighted by Crippen LogP contribution is -2.42. The van der Waals surface area contributed by atoms with Crippen LogP contribution < -0.4 is 20.1 Å².